The van der Waals surface area contributed by atoms with Gasteiger partial charge in [0.1, 0.15) is 0 Å². The smallest absolute Gasteiger partial charge is 0.157 e. The second-order valence-corrected chi connectivity index (χ2v) is 7.60. The van der Waals surface area contributed by atoms with E-state index in [-0.39, 0.29) is 6.04 Å². The number of nitrogens with one attached hydrogen (secondary N) is 2. The second kappa shape index (κ2) is 8.06. The van der Waals surface area contributed by atoms with E-state index < -0.39 is 0 Å². The summed E-state index contributed by atoms with van der Waals surface area (Å²) in [6, 6.07) is 14.7. The summed E-state index contributed by atoms with van der Waals surface area (Å²) in [5, 5.41) is 27.3. The number of rotatable bonds is 4. The van der Waals surface area contributed by atoms with Crippen molar-refractivity contribution in [3.05, 3.63) is 58.8 Å². The van der Waals surface area contributed by atoms with Crippen LogP contribution in [0.4, 0.5) is 11.5 Å². The largest absolute Gasteiger partial charge is 0.369 e. The van der Waals surface area contributed by atoms with E-state index in [1.165, 1.54) is 5.69 Å². The molecule has 3 aromatic rings. The molecule has 6 nitrogen and oxygen atoms in total. The zero-order chi connectivity index (χ0) is 20.4. The van der Waals surface area contributed by atoms with E-state index in [9.17, 15) is 5.26 Å². The van der Waals surface area contributed by atoms with E-state index in [1.54, 1.807) is 0 Å². The van der Waals surface area contributed by atoms with E-state index in [4.69, 9.17) is 0 Å². The number of aryl methyl sites for hydroxylation is 1. The maximum Gasteiger partial charge on any atom is 0.157 e. The highest BCUT2D eigenvalue weighted by Gasteiger charge is 2.16. The predicted octanol–water partition coefficient (Wildman–Crippen LogP) is 3.70. The summed E-state index contributed by atoms with van der Waals surface area (Å²) < 4.78 is 0. The summed E-state index contributed by atoms with van der Waals surface area (Å²) in [6.07, 6.45) is 0. The van der Waals surface area contributed by atoms with Crippen molar-refractivity contribution in [3.8, 4) is 6.07 Å². The molecule has 1 aliphatic heterocycles. The number of benzene rings is 2. The lowest BCUT2D eigenvalue weighted by molar-refractivity contribution is 0.589. The Labute approximate surface area is 171 Å². The van der Waals surface area contributed by atoms with E-state index in [0.717, 1.165) is 59.6 Å². The molecule has 2 N–H and O–H groups in total. The predicted molar refractivity (Wildman–Crippen MR) is 117 cm³/mol. The Hall–Kier alpha value is -3.17. The maximum absolute atomic E-state index is 9.34. The van der Waals surface area contributed by atoms with Crippen LogP contribution in [0.1, 0.15) is 35.3 Å². The minimum atomic E-state index is 0.00588. The van der Waals surface area contributed by atoms with Crippen molar-refractivity contribution in [2.45, 2.75) is 26.8 Å². The summed E-state index contributed by atoms with van der Waals surface area (Å²) in [6.45, 7) is 10.1. The molecule has 4 rings (SSSR count). The van der Waals surface area contributed by atoms with Gasteiger partial charge in [-0.3, -0.25) is 0 Å². The fourth-order valence-electron chi connectivity index (χ4n) is 4.03. The molecule has 6 heteroatoms. The Bertz CT molecular complexity index is 1080. The van der Waals surface area contributed by atoms with Gasteiger partial charge in [0, 0.05) is 42.6 Å². The third-order valence-electron chi connectivity index (χ3n) is 5.75. The molecule has 0 spiro atoms. The van der Waals surface area contributed by atoms with Gasteiger partial charge >= 0.3 is 0 Å². The van der Waals surface area contributed by atoms with Crippen LogP contribution in [0.15, 0.2) is 36.4 Å². The first-order valence-corrected chi connectivity index (χ1v) is 10.1. The van der Waals surface area contributed by atoms with Crippen LogP contribution in [0.25, 0.3) is 10.8 Å². The van der Waals surface area contributed by atoms with Crippen LogP contribution in [0.3, 0.4) is 0 Å². The molecule has 1 aromatic heterocycles. The molecule has 0 saturated carbocycles. The Morgan fingerprint density at radius 1 is 1.10 bits per heavy atom. The lowest BCUT2D eigenvalue weighted by Gasteiger charge is -2.30. The van der Waals surface area contributed by atoms with E-state index >= 15 is 0 Å². The molecule has 29 heavy (non-hydrogen) atoms. The van der Waals surface area contributed by atoms with Crippen LogP contribution in [0.5, 0.6) is 0 Å². The Balaban J connectivity index is 1.71. The lowest BCUT2D eigenvalue weighted by atomic mass is 9.98. The Morgan fingerprint density at radius 2 is 1.90 bits per heavy atom. The Morgan fingerprint density at radius 3 is 2.66 bits per heavy atom. The van der Waals surface area contributed by atoms with Crippen molar-refractivity contribution in [2.24, 2.45) is 0 Å². The monoisotopic (exact) mass is 386 g/mol. The first-order chi connectivity index (χ1) is 14.1. The number of hydrogen-bond acceptors (Lipinski definition) is 6. The van der Waals surface area contributed by atoms with E-state index in [2.05, 4.69) is 63.0 Å². The fourth-order valence-corrected chi connectivity index (χ4v) is 4.03. The number of nitriles is 1. The van der Waals surface area contributed by atoms with Gasteiger partial charge in [-0.2, -0.15) is 10.4 Å². The Kier molecular flexibility index (Phi) is 5.32. The average molecular weight is 387 g/mol. The third-order valence-corrected chi connectivity index (χ3v) is 5.75. The number of aromatic nitrogens is 2. The van der Waals surface area contributed by atoms with Gasteiger partial charge in [-0.1, -0.05) is 18.2 Å². The van der Waals surface area contributed by atoms with Gasteiger partial charge in [-0.05, 0) is 50.1 Å². The summed E-state index contributed by atoms with van der Waals surface area (Å²) in [5.74, 6) is 0.775. The van der Waals surface area contributed by atoms with Gasteiger partial charge in [-0.25, -0.2) is 0 Å². The van der Waals surface area contributed by atoms with Crippen molar-refractivity contribution >= 4 is 22.3 Å². The molecule has 0 radical (unpaired) electrons. The molecule has 1 atom stereocenters. The minimum Gasteiger partial charge on any atom is -0.369 e. The average Bonchev–Trinajstić information content (AvgIpc) is 2.76. The minimum absolute atomic E-state index is 0.00588. The third kappa shape index (κ3) is 3.74. The highest BCUT2D eigenvalue weighted by atomic mass is 15.2. The van der Waals surface area contributed by atoms with Crippen LogP contribution >= 0.6 is 0 Å². The number of anilines is 2. The van der Waals surface area contributed by atoms with Gasteiger partial charge in [0.2, 0.25) is 0 Å². The van der Waals surface area contributed by atoms with Gasteiger partial charge in [0.25, 0.3) is 0 Å². The van der Waals surface area contributed by atoms with Crippen molar-refractivity contribution in [1.29, 1.82) is 5.26 Å². The molecular formula is C23H26N6. The first kappa shape index (κ1) is 19.2. The van der Waals surface area contributed by atoms with E-state index in [0.29, 0.717) is 5.56 Å². The lowest BCUT2D eigenvalue weighted by Crippen LogP contribution is -2.43. The molecule has 0 bridgehead atoms. The second-order valence-electron chi connectivity index (χ2n) is 7.60. The topological polar surface area (TPSA) is 76.9 Å². The highest BCUT2D eigenvalue weighted by molar-refractivity contribution is 5.95. The molecular weight excluding hydrogens is 360 g/mol. The number of nitrogens with zero attached hydrogens (tertiary/aromatic N) is 4. The van der Waals surface area contributed by atoms with Crippen LogP contribution in [-0.4, -0.2) is 36.4 Å². The normalized spacial score (nSPS) is 15.2. The SMILES string of the molecule is Cc1c(C#N)cccc1C(C)Nc1nnc(C)c2ccc(N3CCNCC3)cc12. The molecule has 2 heterocycles. The number of hydrogen-bond donors (Lipinski definition) is 2. The molecule has 1 fully saturated rings. The van der Waals surface area contributed by atoms with Crippen LogP contribution in [0, 0.1) is 25.2 Å². The number of piperazine rings is 1. The standard InChI is InChI=1S/C23H26N6/c1-15-18(14-24)5-4-6-20(15)16(2)26-23-22-13-19(29-11-9-25-10-12-29)7-8-21(22)17(3)27-28-23/h4-8,13,16,25H,9-12H2,1-3H3,(H,26,28). The summed E-state index contributed by atoms with van der Waals surface area (Å²) in [5.41, 5.74) is 4.94. The molecule has 0 amide bonds. The maximum atomic E-state index is 9.34. The van der Waals surface area contributed by atoms with Crippen molar-refractivity contribution in [3.63, 3.8) is 0 Å². The van der Waals surface area contributed by atoms with Gasteiger partial charge in [0.15, 0.2) is 5.82 Å². The first-order valence-electron chi connectivity index (χ1n) is 10.1. The number of fused-ring (bicyclic) bond motifs is 1. The molecule has 1 aliphatic rings. The van der Waals surface area contributed by atoms with Crippen molar-refractivity contribution < 1.29 is 0 Å². The molecule has 1 saturated heterocycles. The van der Waals surface area contributed by atoms with Crippen LogP contribution < -0.4 is 15.5 Å². The molecule has 0 aliphatic carbocycles. The van der Waals surface area contributed by atoms with Crippen LogP contribution in [0.2, 0.25) is 0 Å². The summed E-state index contributed by atoms with van der Waals surface area (Å²) in [4.78, 5) is 2.40. The van der Waals surface area contributed by atoms with Gasteiger partial charge < -0.3 is 15.5 Å². The van der Waals surface area contributed by atoms with Gasteiger partial charge in [0.05, 0.1) is 23.4 Å². The zero-order valence-corrected chi connectivity index (χ0v) is 17.2. The summed E-state index contributed by atoms with van der Waals surface area (Å²) in [7, 11) is 0. The highest BCUT2D eigenvalue weighted by Crippen LogP contribution is 2.31. The van der Waals surface area contributed by atoms with E-state index in [1.807, 2.05) is 26.0 Å². The molecule has 148 valence electrons. The molecule has 1 unspecified atom stereocenters. The van der Waals surface area contributed by atoms with Crippen molar-refractivity contribution in [2.75, 3.05) is 36.4 Å². The van der Waals surface area contributed by atoms with Crippen molar-refractivity contribution in [1.82, 2.24) is 15.5 Å². The zero-order valence-electron chi connectivity index (χ0n) is 17.2. The van der Waals surface area contributed by atoms with Crippen LogP contribution in [-0.2, 0) is 0 Å². The molecule has 2 aromatic carbocycles. The fraction of sp³-hybridized carbons (Fsp3) is 0.348. The van der Waals surface area contributed by atoms with Gasteiger partial charge in [-0.15, -0.1) is 5.10 Å². The summed E-state index contributed by atoms with van der Waals surface area (Å²) >= 11 is 0. The quantitative estimate of drug-likeness (QED) is 0.712.